The van der Waals surface area contributed by atoms with E-state index in [1.807, 2.05) is 23.1 Å². The normalized spacial score (nSPS) is 16.2. The van der Waals surface area contributed by atoms with Gasteiger partial charge in [0.05, 0.1) is 0 Å². The standard InChI is InChI=1S/C12H15F3N2/c13-12(14,15)5-2-6-17-7-9-3-1-4-11(16)10(9)8-17/h1,3-4H,2,5-8,16H2. The van der Waals surface area contributed by atoms with Crippen LogP contribution in [-0.4, -0.2) is 17.6 Å². The molecule has 1 heterocycles. The van der Waals surface area contributed by atoms with Gasteiger partial charge >= 0.3 is 6.18 Å². The van der Waals surface area contributed by atoms with Crippen LogP contribution in [0.25, 0.3) is 0 Å². The zero-order valence-corrected chi connectivity index (χ0v) is 9.43. The monoisotopic (exact) mass is 244 g/mol. The van der Waals surface area contributed by atoms with Gasteiger partial charge in [0.25, 0.3) is 0 Å². The van der Waals surface area contributed by atoms with Crippen molar-refractivity contribution in [3.05, 3.63) is 29.3 Å². The fourth-order valence-corrected chi connectivity index (χ4v) is 2.18. The number of hydrogen-bond acceptors (Lipinski definition) is 2. The number of nitrogen functional groups attached to an aromatic ring is 1. The lowest BCUT2D eigenvalue weighted by atomic mass is 10.1. The van der Waals surface area contributed by atoms with Crippen LogP contribution in [0.1, 0.15) is 24.0 Å². The average Bonchev–Trinajstić information content (AvgIpc) is 2.60. The van der Waals surface area contributed by atoms with Crippen molar-refractivity contribution in [2.45, 2.75) is 32.1 Å². The van der Waals surface area contributed by atoms with Crippen molar-refractivity contribution >= 4 is 5.69 Å². The molecule has 94 valence electrons. The molecule has 1 aliphatic heterocycles. The molecule has 1 aliphatic rings. The number of rotatable bonds is 3. The Morgan fingerprint density at radius 2 is 2.00 bits per heavy atom. The number of nitrogens with two attached hydrogens (primary N) is 1. The fraction of sp³-hybridized carbons (Fsp3) is 0.500. The SMILES string of the molecule is Nc1cccc2c1CN(CCCC(F)(F)F)C2. The maximum absolute atomic E-state index is 12.0. The quantitative estimate of drug-likeness (QED) is 0.828. The molecule has 0 aliphatic carbocycles. The van der Waals surface area contributed by atoms with E-state index in [1.165, 1.54) is 0 Å². The first-order valence-corrected chi connectivity index (χ1v) is 5.61. The maximum atomic E-state index is 12.0. The summed E-state index contributed by atoms with van der Waals surface area (Å²) >= 11 is 0. The van der Waals surface area contributed by atoms with Crippen molar-refractivity contribution in [3.8, 4) is 0 Å². The van der Waals surface area contributed by atoms with Crippen molar-refractivity contribution in [1.82, 2.24) is 4.90 Å². The first-order chi connectivity index (χ1) is 7.96. The van der Waals surface area contributed by atoms with Crippen LogP contribution >= 0.6 is 0 Å². The number of halogens is 3. The van der Waals surface area contributed by atoms with Crippen LogP contribution in [0.5, 0.6) is 0 Å². The Morgan fingerprint density at radius 3 is 2.65 bits per heavy atom. The Labute approximate surface area is 98.2 Å². The van der Waals surface area contributed by atoms with Crippen molar-refractivity contribution in [3.63, 3.8) is 0 Å². The summed E-state index contributed by atoms with van der Waals surface area (Å²) in [5.41, 5.74) is 8.77. The lowest BCUT2D eigenvalue weighted by molar-refractivity contribution is -0.136. The number of alkyl halides is 3. The fourth-order valence-electron chi connectivity index (χ4n) is 2.18. The Balaban J connectivity index is 1.87. The second kappa shape index (κ2) is 4.56. The van der Waals surface area contributed by atoms with Crippen molar-refractivity contribution < 1.29 is 13.2 Å². The summed E-state index contributed by atoms with van der Waals surface area (Å²) < 4.78 is 36.1. The zero-order chi connectivity index (χ0) is 12.5. The molecular weight excluding hydrogens is 229 g/mol. The molecule has 1 aromatic rings. The molecule has 0 aromatic heterocycles. The lowest BCUT2D eigenvalue weighted by Crippen LogP contribution is -2.20. The largest absolute Gasteiger partial charge is 0.398 e. The van der Waals surface area contributed by atoms with Gasteiger partial charge in [0, 0.05) is 25.2 Å². The van der Waals surface area contributed by atoms with Gasteiger partial charge in [-0.3, -0.25) is 4.90 Å². The molecule has 1 aromatic carbocycles. The molecule has 0 saturated carbocycles. The molecule has 2 N–H and O–H groups in total. The molecule has 0 spiro atoms. The summed E-state index contributed by atoms with van der Waals surface area (Å²) in [6.07, 6.45) is -4.61. The molecule has 0 saturated heterocycles. The average molecular weight is 244 g/mol. The minimum Gasteiger partial charge on any atom is -0.398 e. The van der Waals surface area contributed by atoms with Gasteiger partial charge in [-0.2, -0.15) is 13.2 Å². The second-order valence-corrected chi connectivity index (χ2v) is 4.41. The van der Waals surface area contributed by atoms with Gasteiger partial charge in [-0.1, -0.05) is 12.1 Å². The molecule has 0 atom stereocenters. The molecular formula is C12H15F3N2. The van der Waals surface area contributed by atoms with Crippen LogP contribution in [0.2, 0.25) is 0 Å². The van der Waals surface area contributed by atoms with Crippen LogP contribution in [0.15, 0.2) is 18.2 Å². The second-order valence-electron chi connectivity index (χ2n) is 4.41. The summed E-state index contributed by atoms with van der Waals surface area (Å²) in [6, 6.07) is 5.70. The van der Waals surface area contributed by atoms with Crippen LogP contribution in [-0.2, 0) is 13.1 Å². The van der Waals surface area contributed by atoms with Crippen molar-refractivity contribution in [1.29, 1.82) is 0 Å². The molecule has 0 fully saturated rings. The Hall–Kier alpha value is -1.23. The number of benzene rings is 1. The van der Waals surface area contributed by atoms with Gasteiger partial charge < -0.3 is 5.73 Å². The van der Waals surface area contributed by atoms with Gasteiger partial charge in [0.15, 0.2) is 0 Å². The molecule has 0 bridgehead atoms. The third-order valence-corrected chi connectivity index (χ3v) is 3.02. The van der Waals surface area contributed by atoms with Gasteiger partial charge in [0.1, 0.15) is 0 Å². The highest BCUT2D eigenvalue weighted by molar-refractivity contribution is 5.52. The van der Waals surface area contributed by atoms with E-state index in [-0.39, 0.29) is 6.42 Å². The summed E-state index contributed by atoms with van der Waals surface area (Å²) in [6.45, 7) is 1.84. The van der Waals surface area contributed by atoms with Gasteiger partial charge in [-0.25, -0.2) is 0 Å². The highest BCUT2D eigenvalue weighted by Gasteiger charge is 2.27. The van der Waals surface area contributed by atoms with E-state index in [0.717, 1.165) is 16.8 Å². The molecule has 17 heavy (non-hydrogen) atoms. The van der Waals surface area contributed by atoms with E-state index in [9.17, 15) is 13.2 Å². The van der Waals surface area contributed by atoms with Crippen LogP contribution in [0.3, 0.4) is 0 Å². The predicted octanol–water partition coefficient (Wildman–Crippen LogP) is 2.93. The Kier molecular flexibility index (Phi) is 3.28. The highest BCUT2D eigenvalue weighted by Crippen LogP contribution is 2.28. The highest BCUT2D eigenvalue weighted by atomic mass is 19.4. The van der Waals surface area contributed by atoms with E-state index in [1.54, 1.807) is 0 Å². The molecule has 2 rings (SSSR count). The van der Waals surface area contributed by atoms with E-state index in [4.69, 9.17) is 5.73 Å². The molecule has 0 radical (unpaired) electrons. The minimum absolute atomic E-state index is 0.150. The van der Waals surface area contributed by atoms with Gasteiger partial charge in [-0.05, 0) is 30.2 Å². The van der Waals surface area contributed by atoms with E-state index in [0.29, 0.717) is 19.6 Å². The van der Waals surface area contributed by atoms with E-state index in [2.05, 4.69) is 0 Å². The summed E-state index contributed by atoms with van der Waals surface area (Å²) in [7, 11) is 0. The lowest BCUT2D eigenvalue weighted by Gasteiger charge is -2.15. The van der Waals surface area contributed by atoms with Crippen LogP contribution < -0.4 is 5.73 Å². The van der Waals surface area contributed by atoms with Crippen molar-refractivity contribution in [2.75, 3.05) is 12.3 Å². The van der Waals surface area contributed by atoms with Gasteiger partial charge in [0.2, 0.25) is 0 Å². The maximum Gasteiger partial charge on any atom is 0.389 e. The van der Waals surface area contributed by atoms with Crippen LogP contribution in [0, 0.1) is 0 Å². The first kappa shape index (κ1) is 12.2. The number of fused-ring (bicyclic) bond motifs is 1. The predicted molar refractivity (Wildman–Crippen MR) is 60.3 cm³/mol. The minimum atomic E-state index is -4.05. The number of nitrogens with zero attached hydrogens (tertiary/aromatic N) is 1. The Morgan fingerprint density at radius 1 is 1.24 bits per heavy atom. The molecule has 2 nitrogen and oxygen atoms in total. The summed E-state index contributed by atoms with van der Waals surface area (Å²) in [4.78, 5) is 2.01. The van der Waals surface area contributed by atoms with Gasteiger partial charge in [-0.15, -0.1) is 0 Å². The first-order valence-electron chi connectivity index (χ1n) is 5.61. The number of anilines is 1. The zero-order valence-electron chi connectivity index (χ0n) is 9.43. The third kappa shape index (κ3) is 3.12. The van der Waals surface area contributed by atoms with Crippen LogP contribution in [0.4, 0.5) is 18.9 Å². The number of hydrogen-bond donors (Lipinski definition) is 1. The van der Waals surface area contributed by atoms with E-state index < -0.39 is 12.6 Å². The summed E-state index contributed by atoms with van der Waals surface area (Å²) in [5.74, 6) is 0. The summed E-state index contributed by atoms with van der Waals surface area (Å²) in [5, 5.41) is 0. The van der Waals surface area contributed by atoms with Crippen molar-refractivity contribution in [2.24, 2.45) is 0 Å². The topological polar surface area (TPSA) is 29.3 Å². The smallest absolute Gasteiger partial charge is 0.389 e. The molecule has 5 heteroatoms. The molecule has 0 unspecified atom stereocenters. The third-order valence-electron chi connectivity index (χ3n) is 3.02. The molecule has 0 amide bonds. The Bertz CT molecular complexity index is 401. The van der Waals surface area contributed by atoms with E-state index >= 15 is 0 Å².